The van der Waals surface area contributed by atoms with Crippen LogP contribution in [0.3, 0.4) is 0 Å². The van der Waals surface area contributed by atoms with Crippen molar-refractivity contribution in [2.24, 2.45) is 0 Å². The van der Waals surface area contributed by atoms with E-state index in [1.165, 1.54) is 13.3 Å². The molecular formula is C9H8N2O2S. The molecule has 0 aliphatic rings. The van der Waals surface area contributed by atoms with Crippen molar-refractivity contribution in [2.45, 2.75) is 11.3 Å². The first kappa shape index (κ1) is 10.5. The van der Waals surface area contributed by atoms with Crippen LogP contribution in [-0.4, -0.2) is 18.1 Å². The average molecular weight is 208 g/mol. The lowest BCUT2D eigenvalue weighted by molar-refractivity contribution is -0.139. The van der Waals surface area contributed by atoms with Crippen LogP contribution >= 0.6 is 12.6 Å². The van der Waals surface area contributed by atoms with Gasteiger partial charge in [0.05, 0.1) is 24.8 Å². The van der Waals surface area contributed by atoms with E-state index in [9.17, 15) is 4.79 Å². The minimum Gasteiger partial charge on any atom is -0.469 e. The lowest BCUT2D eigenvalue weighted by Gasteiger charge is -2.02. The molecule has 5 heteroatoms. The van der Waals surface area contributed by atoms with Gasteiger partial charge in [0.2, 0.25) is 0 Å². The number of rotatable bonds is 2. The van der Waals surface area contributed by atoms with E-state index in [0.29, 0.717) is 16.2 Å². The summed E-state index contributed by atoms with van der Waals surface area (Å²) in [4.78, 5) is 15.4. The Labute approximate surface area is 86.9 Å². The molecule has 1 aromatic heterocycles. The van der Waals surface area contributed by atoms with Gasteiger partial charge in [0.15, 0.2) is 0 Å². The van der Waals surface area contributed by atoms with E-state index in [2.05, 4.69) is 22.3 Å². The molecule has 1 heterocycles. The Bertz CT molecular complexity index is 398. The number of carbonyl (C=O) groups excluding carboxylic acids is 1. The first-order valence-corrected chi connectivity index (χ1v) is 4.27. The number of aromatic nitrogens is 1. The summed E-state index contributed by atoms with van der Waals surface area (Å²) < 4.78 is 4.49. The molecule has 0 radical (unpaired) electrons. The number of nitriles is 1. The predicted octanol–water partition coefficient (Wildman–Crippen LogP) is 0.957. The number of esters is 1. The highest BCUT2D eigenvalue weighted by atomic mass is 32.1. The van der Waals surface area contributed by atoms with Crippen LogP contribution in [0.1, 0.15) is 11.3 Å². The molecule has 0 spiro atoms. The number of hydrogen-bond donors (Lipinski definition) is 1. The lowest BCUT2D eigenvalue weighted by Crippen LogP contribution is -2.06. The molecule has 0 saturated heterocycles. The van der Waals surface area contributed by atoms with E-state index >= 15 is 0 Å². The smallest absolute Gasteiger partial charge is 0.311 e. The molecule has 0 aliphatic heterocycles. The third-order valence-corrected chi connectivity index (χ3v) is 2.00. The molecule has 0 unspecified atom stereocenters. The van der Waals surface area contributed by atoms with E-state index in [1.54, 1.807) is 6.07 Å². The molecule has 72 valence electrons. The van der Waals surface area contributed by atoms with Gasteiger partial charge in [0.25, 0.3) is 0 Å². The zero-order valence-electron chi connectivity index (χ0n) is 7.52. The van der Waals surface area contributed by atoms with Gasteiger partial charge in [-0.3, -0.25) is 9.78 Å². The molecule has 0 amide bonds. The van der Waals surface area contributed by atoms with Crippen molar-refractivity contribution in [3.63, 3.8) is 0 Å². The minimum atomic E-state index is -0.377. The van der Waals surface area contributed by atoms with E-state index in [0.717, 1.165) is 0 Å². The maximum atomic E-state index is 10.9. The second kappa shape index (κ2) is 4.63. The Kier molecular flexibility index (Phi) is 3.48. The number of nitrogens with zero attached hydrogens (tertiary/aromatic N) is 2. The van der Waals surface area contributed by atoms with Crippen LogP contribution in [0, 0.1) is 11.3 Å². The summed E-state index contributed by atoms with van der Waals surface area (Å²) in [7, 11) is 1.31. The monoisotopic (exact) mass is 208 g/mol. The Morgan fingerprint density at radius 3 is 3.00 bits per heavy atom. The van der Waals surface area contributed by atoms with E-state index < -0.39 is 0 Å². The average Bonchev–Trinajstić information content (AvgIpc) is 2.20. The largest absolute Gasteiger partial charge is 0.469 e. The number of methoxy groups -OCH3 is 1. The molecule has 1 rings (SSSR count). The van der Waals surface area contributed by atoms with Gasteiger partial charge in [-0.2, -0.15) is 5.26 Å². The van der Waals surface area contributed by atoms with Crippen LogP contribution < -0.4 is 0 Å². The number of ether oxygens (including phenoxy) is 1. The molecule has 4 nitrogen and oxygen atoms in total. The lowest BCUT2D eigenvalue weighted by atomic mass is 10.2. The first-order chi connectivity index (χ1) is 6.67. The third kappa shape index (κ3) is 2.47. The van der Waals surface area contributed by atoms with Gasteiger partial charge < -0.3 is 4.74 Å². The molecule has 1 aromatic rings. The molecule has 0 aliphatic carbocycles. The van der Waals surface area contributed by atoms with Crippen molar-refractivity contribution < 1.29 is 9.53 Å². The SMILES string of the molecule is COC(=O)Cc1ncc(C#N)cc1S. The molecule has 0 saturated carbocycles. The zero-order valence-corrected chi connectivity index (χ0v) is 8.41. The quantitative estimate of drug-likeness (QED) is 0.580. The fourth-order valence-corrected chi connectivity index (χ4v) is 1.16. The van der Waals surface area contributed by atoms with Crippen LogP contribution in [0.4, 0.5) is 0 Å². The summed E-state index contributed by atoms with van der Waals surface area (Å²) in [5, 5.41) is 8.57. The molecule has 14 heavy (non-hydrogen) atoms. The van der Waals surface area contributed by atoms with Gasteiger partial charge in [0, 0.05) is 11.1 Å². The van der Waals surface area contributed by atoms with Crippen molar-refractivity contribution >= 4 is 18.6 Å². The summed E-state index contributed by atoms with van der Waals surface area (Å²) in [6.45, 7) is 0. The number of carbonyl (C=O) groups is 1. The topological polar surface area (TPSA) is 63.0 Å². The Balaban J connectivity index is 2.90. The highest BCUT2D eigenvalue weighted by molar-refractivity contribution is 7.80. The second-order valence-corrected chi connectivity index (χ2v) is 3.04. The normalized spacial score (nSPS) is 9.21. The summed E-state index contributed by atoms with van der Waals surface area (Å²) >= 11 is 4.11. The zero-order chi connectivity index (χ0) is 10.6. The predicted molar refractivity (Wildman–Crippen MR) is 51.9 cm³/mol. The third-order valence-electron chi connectivity index (χ3n) is 1.62. The summed E-state index contributed by atoms with van der Waals surface area (Å²) in [6, 6.07) is 3.50. The van der Waals surface area contributed by atoms with Crippen molar-refractivity contribution in [1.29, 1.82) is 5.26 Å². The fraction of sp³-hybridized carbons (Fsp3) is 0.222. The molecular weight excluding hydrogens is 200 g/mol. The van der Waals surface area contributed by atoms with Crippen LogP contribution in [0.5, 0.6) is 0 Å². The van der Waals surface area contributed by atoms with Crippen LogP contribution in [0.2, 0.25) is 0 Å². The van der Waals surface area contributed by atoms with Crippen LogP contribution in [-0.2, 0) is 16.0 Å². The second-order valence-electron chi connectivity index (χ2n) is 2.55. The molecule has 0 aromatic carbocycles. The Hall–Kier alpha value is -1.54. The van der Waals surface area contributed by atoms with Crippen molar-refractivity contribution in [1.82, 2.24) is 4.98 Å². The first-order valence-electron chi connectivity index (χ1n) is 3.82. The molecule has 0 N–H and O–H groups in total. The minimum absolute atomic E-state index is 0.0705. The van der Waals surface area contributed by atoms with Crippen molar-refractivity contribution in [2.75, 3.05) is 7.11 Å². The van der Waals surface area contributed by atoms with Gasteiger partial charge in [-0.05, 0) is 6.07 Å². The summed E-state index contributed by atoms with van der Waals surface area (Å²) in [5.41, 5.74) is 0.933. The van der Waals surface area contributed by atoms with Gasteiger partial charge in [-0.25, -0.2) is 0 Å². The van der Waals surface area contributed by atoms with Crippen LogP contribution in [0.25, 0.3) is 0 Å². The molecule has 0 atom stereocenters. The highest BCUT2D eigenvalue weighted by Crippen LogP contribution is 2.13. The standard InChI is InChI=1S/C9H8N2O2S/c1-13-9(12)3-7-8(14)2-6(4-10)5-11-7/h2,5,14H,3H2,1H3. The number of thiol groups is 1. The Morgan fingerprint density at radius 2 is 2.50 bits per heavy atom. The maximum Gasteiger partial charge on any atom is 0.311 e. The van der Waals surface area contributed by atoms with E-state index in [4.69, 9.17) is 5.26 Å². The maximum absolute atomic E-state index is 10.9. The van der Waals surface area contributed by atoms with Crippen LogP contribution in [0.15, 0.2) is 17.2 Å². The van der Waals surface area contributed by atoms with Gasteiger partial charge >= 0.3 is 5.97 Å². The number of hydrogen-bond acceptors (Lipinski definition) is 5. The number of pyridine rings is 1. The fourth-order valence-electron chi connectivity index (χ4n) is 0.888. The van der Waals surface area contributed by atoms with Gasteiger partial charge in [0.1, 0.15) is 6.07 Å². The van der Waals surface area contributed by atoms with Crippen molar-refractivity contribution in [3.05, 3.63) is 23.5 Å². The molecule has 0 bridgehead atoms. The van der Waals surface area contributed by atoms with Crippen molar-refractivity contribution in [3.8, 4) is 6.07 Å². The molecule has 0 fully saturated rings. The van der Waals surface area contributed by atoms with Gasteiger partial charge in [-0.1, -0.05) is 0 Å². The summed E-state index contributed by atoms with van der Waals surface area (Å²) in [5.74, 6) is -0.377. The summed E-state index contributed by atoms with van der Waals surface area (Å²) in [6.07, 6.45) is 1.47. The van der Waals surface area contributed by atoms with Gasteiger partial charge in [-0.15, -0.1) is 12.6 Å². The highest BCUT2D eigenvalue weighted by Gasteiger charge is 2.08. The van der Waals surface area contributed by atoms with E-state index in [1.807, 2.05) is 6.07 Å². The van der Waals surface area contributed by atoms with E-state index in [-0.39, 0.29) is 12.4 Å². The Morgan fingerprint density at radius 1 is 1.79 bits per heavy atom.